The summed E-state index contributed by atoms with van der Waals surface area (Å²) in [5, 5.41) is 12.8. The molecule has 15 heavy (non-hydrogen) atoms. The number of halogens is 3. The molecule has 78 valence electrons. The molecule has 1 aromatic carbocycles. The number of benzene rings is 1. The lowest BCUT2D eigenvalue weighted by atomic mass is 10.2. The summed E-state index contributed by atoms with van der Waals surface area (Å²) in [6.45, 7) is 0. The molecule has 0 amide bonds. The summed E-state index contributed by atoms with van der Waals surface area (Å²) in [6, 6.07) is 7.29. The molecular weight excluding hydrogens is 392 g/mol. The van der Waals surface area contributed by atoms with Crippen LogP contribution in [0, 0.1) is 5.21 Å². The van der Waals surface area contributed by atoms with Crippen molar-refractivity contribution in [3.8, 4) is 0 Å². The summed E-state index contributed by atoms with van der Waals surface area (Å²) in [7, 11) is 0. The first-order valence-electron chi connectivity index (χ1n) is 4.04. The van der Waals surface area contributed by atoms with E-state index in [0.717, 1.165) is 10.1 Å². The predicted octanol–water partition coefficient (Wildman–Crippen LogP) is 3.16. The Morgan fingerprint density at radius 3 is 2.53 bits per heavy atom. The van der Waals surface area contributed by atoms with Crippen LogP contribution in [0.2, 0.25) is 0 Å². The quantitative estimate of drug-likeness (QED) is 0.390. The second kappa shape index (κ2) is 3.99. The van der Waals surface area contributed by atoms with E-state index in [1.807, 2.05) is 18.2 Å². The van der Waals surface area contributed by atoms with Gasteiger partial charge >= 0.3 is 5.82 Å². The normalized spacial score (nSPS) is 11.9. The van der Waals surface area contributed by atoms with Gasteiger partial charge < -0.3 is 5.21 Å². The zero-order valence-electron chi connectivity index (χ0n) is 7.32. The highest BCUT2D eigenvalue weighted by Gasteiger charge is 2.33. The zero-order chi connectivity index (χ0) is 11.1. The Morgan fingerprint density at radius 1 is 1.20 bits per heavy atom. The molecule has 0 spiro atoms. The number of rotatable bonds is 0. The lowest BCUT2D eigenvalue weighted by Crippen LogP contribution is -2.37. The molecule has 0 aliphatic heterocycles. The predicted molar refractivity (Wildman–Crippen MR) is 69.2 cm³/mol. The van der Waals surface area contributed by atoms with Crippen LogP contribution in [-0.2, 0) is 2.14 Å². The maximum absolute atomic E-state index is 11.9. The molecule has 0 atom stereocenters. The van der Waals surface area contributed by atoms with E-state index in [2.05, 4.69) is 52.8 Å². The van der Waals surface area contributed by atoms with E-state index in [4.69, 9.17) is 0 Å². The highest BCUT2D eigenvalue weighted by Crippen LogP contribution is 2.41. The largest absolute Gasteiger partial charge is 0.710 e. The number of hydrogen-bond acceptors (Lipinski definition) is 2. The van der Waals surface area contributed by atoms with Crippen LogP contribution in [0.3, 0.4) is 0 Å². The van der Waals surface area contributed by atoms with Crippen molar-refractivity contribution >= 4 is 58.7 Å². The van der Waals surface area contributed by atoms with Crippen molar-refractivity contribution in [1.29, 1.82) is 0 Å². The minimum Gasteiger partial charge on any atom is -0.710 e. The van der Waals surface area contributed by atoms with Crippen molar-refractivity contribution < 1.29 is 4.73 Å². The van der Waals surface area contributed by atoms with E-state index in [1.54, 1.807) is 12.3 Å². The van der Waals surface area contributed by atoms with E-state index < -0.39 is 2.14 Å². The lowest BCUT2D eigenvalue weighted by molar-refractivity contribution is -0.589. The van der Waals surface area contributed by atoms with E-state index >= 15 is 0 Å². The number of aromatic nitrogens is 2. The van der Waals surface area contributed by atoms with Crippen molar-refractivity contribution in [2.45, 2.75) is 2.14 Å². The summed E-state index contributed by atoms with van der Waals surface area (Å²) >= 11 is 9.82. The topological polar surface area (TPSA) is 39.8 Å². The molecule has 0 bridgehead atoms. The molecule has 0 saturated carbocycles. The van der Waals surface area contributed by atoms with Gasteiger partial charge in [0.1, 0.15) is 5.52 Å². The van der Waals surface area contributed by atoms with Crippen LogP contribution in [0.4, 0.5) is 0 Å². The minimum atomic E-state index is -0.793. The van der Waals surface area contributed by atoms with Crippen molar-refractivity contribution in [3.05, 3.63) is 41.5 Å². The molecule has 0 saturated heterocycles. The number of nitrogens with zero attached hydrogens (tertiary/aromatic N) is 2. The molecule has 0 aliphatic rings. The number of hydrogen-bond donors (Lipinski definition) is 0. The second-order valence-electron chi connectivity index (χ2n) is 2.93. The van der Waals surface area contributed by atoms with Crippen LogP contribution in [0.15, 0.2) is 30.5 Å². The van der Waals surface area contributed by atoms with Gasteiger partial charge in [-0.1, -0.05) is 12.1 Å². The summed E-state index contributed by atoms with van der Waals surface area (Å²) < 4.78 is -0.00757. The van der Waals surface area contributed by atoms with Gasteiger partial charge in [-0.15, -0.1) is 0 Å². The molecule has 1 aromatic heterocycles. The molecule has 0 fully saturated rings. The Labute approximate surface area is 111 Å². The molecule has 2 aromatic rings. The van der Waals surface area contributed by atoms with Crippen molar-refractivity contribution in [1.82, 2.24) is 4.98 Å². The maximum atomic E-state index is 11.9. The lowest BCUT2D eigenvalue weighted by Gasteiger charge is -2.13. The highest BCUT2D eigenvalue weighted by atomic mass is 80.0. The third-order valence-corrected chi connectivity index (χ3v) is 2.99. The molecule has 0 aliphatic carbocycles. The first-order chi connectivity index (χ1) is 7.00. The van der Waals surface area contributed by atoms with Gasteiger partial charge in [0.05, 0.1) is 5.39 Å². The van der Waals surface area contributed by atoms with Gasteiger partial charge in [0.2, 0.25) is 2.14 Å². The van der Waals surface area contributed by atoms with Crippen LogP contribution in [-0.4, -0.2) is 4.98 Å². The van der Waals surface area contributed by atoms with Crippen molar-refractivity contribution in [2.24, 2.45) is 0 Å². The summed E-state index contributed by atoms with van der Waals surface area (Å²) in [5.41, 5.74) is 0.588. The van der Waals surface area contributed by atoms with Crippen LogP contribution in [0.5, 0.6) is 0 Å². The van der Waals surface area contributed by atoms with Crippen LogP contribution in [0.1, 0.15) is 5.82 Å². The molecule has 1 heterocycles. The fourth-order valence-electron chi connectivity index (χ4n) is 1.27. The van der Waals surface area contributed by atoms with Crippen molar-refractivity contribution in [3.63, 3.8) is 0 Å². The van der Waals surface area contributed by atoms with Crippen molar-refractivity contribution in [2.75, 3.05) is 0 Å². The molecule has 3 nitrogen and oxygen atoms in total. The first kappa shape index (κ1) is 11.3. The molecule has 6 heteroatoms. The van der Waals surface area contributed by atoms with Gasteiger partial charge in [0, 0.05) is 0 Å². The van der Waals surface area contributed by atoms with Gasteiger partial charge in [0.15, 0.2) is 6.20 Å². The smallest absolute Gasteiger partial charge is 0.340 e. The molecule has 0 unspecified atom stereocenters. The fourth-order valence-corrected chi connectivity index (χ4v) is 2.06. The summed E-state index contributed by atoms with van der Waals surface area (Å²) in [5.74, 6) is 0.307. The standard InChI is InChI=1S/C9H5Br3N2O/c10-9(11,12)8-13-5-6-3-1-2-4-7(6)14(8)15/h1-5H. The monoisotopic (exact) mass is 394 g/mol. The van der Waals surface area contributed by atoms with Crippen LogP contribution < -0.4 is 4.73 Å². The average molecular weight is 397 g/mol. The van der Waals surface area contributed by atoms with E-state index in [1.165, 1.54) is 0 Å². The van der Waals surface area contributed by atoms with Gasteiger partial charge in [-0.25, -0.2) is 4.73 Å². The molecule has 0 N–H and O–H groups in total. The van der Waals surface area contributed by atoms with E-state index in [0.29, 0.717) is 11.3 Å². The molecular formula is C9H5Br3N2O. The average Bonchev–Trinajstić information content (AvgIpc) is 2.16. The summed E-state index contributed by atoms with van der Waals surface area (Å²) in [6.07, 6.45) is 1.66. The Kier molecular flexibility index (Phi) is 3.00. The molecule has 0 radical (unpaired) electrons. The van der Waals surface area contributed by atoms with Crippen LogP contribution >= 0.6 is 47.8 Å². The Balaban J connectivity index is 2.76. The Bertz CT molecular complexity index is 510. The SMILES string of the molecule is [O-][n+]1c(C(Br)(Br)Br)ncc2ccccc21. The first-order valence-corrected chi connectivity index (χ1v) is 6.42. The summed E-state index contributed by atoms with van der Waals surface area (Å²) in [4.78, 5) is 4.09. The molecule has 2 rings (SSSR count). The minimum absolute atomic E-state index is 0.307. The third-order valence-electron chi connectivity index (χ3n) is 1.93. The second-order valence-corrected chi connectivity index (χ2v) is 9.69. The maximum Gasteiger partial charge on any atom is 0.340 e. The Morgan fingerprint density at radius 2 is 1.87 bits per heavy atom. The number of alkyl halides is 3. The Hall–Kier alpha value is -0.200. The van der Waals surface area contributed by atoms with Gasteiger partial charge in [-0.2, -0.15) is 0 Å². The third kappa shape index (κ3) is 2.16. The van der Waals surface area contributed by atoms with Gasteiger partial charge in [-0.05, 0) is 64.9 Å². The van der Waals surface area contributed by atoms with Crippen LogP contribution in [0.25, 0.3) is 10.9 Å². The van der Waals surface area contributed by atoms with E-state index in [-0.39, 0.29) is 0 Å². The van der Waals surface area contributed by atoms with E-state index in [9.17, 15) is 5.21 Å². The highest BCUT2D eigenvalue weighted by molar-refractivity contribution is 9.38. The van der Waals surface area contributed by atoms with Gasteiger partial charge in [-0.3, -0.25) is 0 Å². The number of fused-ring (bicyclic) bond motifs is 1. The van der Waals surface area contributed by atoms with Gasteiger partial charge in [0.25, 0.3) is 0 Å². The fraction of sp³-hybridized carbons (Fsp3) is 0.111. The number of para-hydroxylation sites is 1. The zero-order valence-corrected chi connectivity index (χ0v) is 12.1.